The Morgan fingerprint density at radius 1 is 1.38 bits per heavy atom. The molecule has 0 amide bonds. The van der Waals surface area contributed by atoms with Gasteiger partial charge in [-0.05, 0) is 32.4 Å². The van der Waals surface area contributed by atoms with Gasteiger partial charge in [-0.1, -0.05) is 6.92 Å². The van der Waals surface area contributed by atoms with Crippen LogP contribution in [0.3, 0.4) is 0 Å². The van der Waals surface area contributed by atoms with E-state index in [1.165, 1.54) is 19.3 Å². The van der Waals surface area contributed by atoms with E-state index in [1.807, 2.05) is 0 Å². The van der Waals surface area contributed by atoms with Crippen molar-refractivity contribution < 1.29 is 9.47 Å². The van der Waals surface area contributed by atoms with E-state index in [4.69, 9.17) is 9.47 Å². The fraction of sp³-hybridized carbons (Fsp3) is 1.00. The predicted molar refractivity (Wildman–Crippen MR) is 65.6 cm³/mol. The van der Waals surface area contributed by atoms with Gasteiger partial charge >= 0.3 is 0 Å². The van der Waals surface area contributed by atoms with E-state index in [-0.39, 0.29) is 6.29 Å². The van der Waals surface area contributed by atoms with Crippen LogP contribution >= 0.6 is 0 Å². The maximum Gasteiger partial charge on any atom is 0.169 e. The Hall–Kier alpha value is -0.160. The van der Waals surface area contributed by atoms with Crippen LogP contribution in [0.5, 0.6) is 0 Å². The Morgan fingerprint density at radius 3 is 2.62 bits per heavy atom. The third-order valence-electron chi connectivity index (χ3n) is 3.21. The van der Waals surface area contributed by atoms with Crippen molar-refractivity contribution in [3.05, 3.63) is 0 Å². The molecule has 0 aromatic heterocycles. The first-order valence-electron chi connectivity index (χ1n) is 6.32. The summed E-state index contributed by atoms with van der Waals surface area (Å²) in [5.74, 6) is 0. The Balaban J connectivity index is 2.44. The number of hydrogen-bond donors (Lipinski definition) is 1. The maximum absolute atomic E-state index is 5.28. The molecule has 1 atom stereocenters. The first-order valence-corrected chi connectivity index (χ1v) is 6.32. The van der Waals surface area contributed by atoms with E-state index < -0.39 is 0 Å². The zero-order valence-electron chi connectivity index (χ0n) is 10.9. The predicted octanol–water partition coefficient (Wildman–Crippen LogP) is 1.07. The molecule has 0 radical (unpaired) electrons. The lowest BCUT2D eigenvalue weighted by molar-refractivity contribution is -0.121. The van der Waals surface area contributed by atoms with Gasteiger partial charge in [0.1, 0.15) is 0 Å². The van der Waals surface area contributed by atoms with E-state index in [0.717, 1.165) is 26.2 Å². The SMILES string of the molecule is CCCN(CC(OC)OC)C1CCCNC1. The molecule has 0 spiro atoms. The Bertz CT molecular complexity index is 168. The van der Waals surface area contributed by atoms with Gasteiger partial charge in [-0.15, -0.1) is 0 Å². The van der Waals surface area contributed by atoms with Gasteiger partial charge < -0.3 is 14.8 Å². The van der Waals surface area contributed by atoms with Crippen LogP contribution in [0.1, 0.15) is 26.2 Å². The summed E-state index contributed by atoms with van der Waals surface area (Å²) in [5, 5.41) is 3.46. The standard InChI is InChI=1S/C12H26N2O2/c1-4-8-14(10-12(15-2)16-3)11-6-5-7-13-9-11/h11-13H,4-10H2,1-3H3. The number of methoxy groups -OCH3 is 2. The van der Waals surface area contributed by atoms with Crippen molar-refractivity contribution in [2.24, 2.45) is 0 Å². The molecule has 1 unspecified atom stereocenters. The number of hydrogen-bond acceptors (Lipinski definition) is 4. The van der Waals surface area contributed by atoms with Crippen molar-refractivity contribution in [3.8, 4) is 0 Å². The van der Waals surface area contributed by atoms with Crippen LogP contribution in [0, 0.1) is 0 Å². The minimum Gasteiger partial charge on any atom is -0.355 e. The number of nitrogens with zero attached hydrogens (tertiary/aromatic N) is 1. The number of ether oxygens (including phenoxy) is 2. The molecule has 96 valence electrons. The van der Waals surface area contributed by atoms with E-state index >= 15 is 0 Å². The molecule has 0 aromatic rings. The van der Waals surface area contributed by atoms with Crippen LogP contribution in [0.2, 0.25) is 0 Å². The molecule has 1 rings (SSSR count). The normalized spacial score (nSPS) is 21.9. The van der Waals surface area contributed by atoms with E-state index in [9.17, 15) is 0 Å². The minimum atomic E-state index is -0.103. The lowest BCUT2D eigenvalue weighted by Gasteiger charge is -2.36. The molecule has 0 bridgehead atoms. The smallest absolute Gasteiger partial charge is 0.169 e. The van der Waals surface area contributed by atoms with Crippen molar-refractivity contribution in [2.45, 2.75) is 38.5 Å². The fourth-order valence-electron chi connectivity index (χ4n) is 2.29. The minimum absolute atomic E-state index is 0.103. The molecule has 1 heterocycles. The van der Waals surface area contributed by atoms with Crippen LogP contribution in [0.25, 0.3) is 0 Å². The topological polar surface area (TPSA) is 33.7 Å². The summed E-state index contributed by atoms with van der Waals surface area (Å²) in [4.78, 5) is 2.49. The summed E-state index contributed by atoms with van der Waals surface area (Å²) < 4.78 is 10.6. The quantitative estimate of drug-likeness (QED) is 0.663. The molecule has 1 saturated heterocycles. The average Bonchev–Trinajstić information content (AvgIpc) is 2.35. The van der Waals surface area contributed by atoms with Gasteiger partial charge in [-0.3, -0.25) is 4.90 Å². The lowest BCUT2D eigenvalue weighted by Crippen LogP contribution is -2.49. The van der Waals surface area contributed by atoms with E-state index in [2.05, 4.69) is 17.1 Å². The van der Waals surface area contributed by atoms with Crippen LogP contribution in [0.4, 0.5) is 0 Å². The Kier molecular flexibility index (Phi) is 6.96. The summed E-state index contributed by atoms with van der Waals surface area (Å²) in [6.45, 7) is 6.47. The summed E-state index contributed by atoms with van der Waals surface area (Å²) >= 11 is 0. The molecule has 1 fully saturated rings. The molecule has 1 aliphatic rings. The van der Waals surface area contributed by atoms with Gasteiger partial charge in [0.15, 0.2) is 6.29 Å². The molecule has 0 aliphatic carbocycles. The second-order valence-corrected chi connectivity index (χ2v) is 4.40. The molecular weight excluding hydrogens is 204 g/mol. The lowest BCUT2D eigenvalue weighted by atomic mass is 10.1. The fourth-order valence-corrected chi connectivity index (χ4v) is 2.29. The third-order valence-corrected chi connectivity index (χ3v) is 3.21. The zero-order chi connectivity index (χ0) is 11.8. The highest BCUT2D eigenvalue weighted by Crippen LogP contribution is 2.12. The summed E-state index contributed by atoms with van der Waals surface area (Å²) in [5.41, 5.74) is 0. The average molecular weight is 230 g/mol. The molecule has 0 aromatic carbocycles. The highest BCUT2D eigenvalue weighted by Gasteiger charge is 2.22. The molecule has 0 saturated carbocycles. The van der Waals surface area contributed by atoms with Gasteiger partial charge in [0.2, 0.25) is 0 Å². The number of nitrogens with one attached hydrogen (secondary N) is 1. The van der Waals surface area contributed by atoms with Crippen LogP contribution in [-0.4, -0.2) is 57.6 Å². The second kappa shape index (κ2) is 8.01. The second-order valence-electron chi connectivity index (χ2n) is 4.40. The Labute approximate surface area is 99.3 Å². The van der Waals surface area contributed by atoms with Crippen LogP contribution < -0.4 is 5.32 Å². The molecule has 4 nitrogen and oxygen atoms in total. The highest BCUT2D eigenvalue weighted by molar-refractivity contribution is 4.78. The van der Waals surface area contributed by atoms with Gasteiger partial charge in [0.25, 0.3) is 0 Å². The third kappa shape index (κ3) is 4.37. The van der Waals surface area contributed by atoms with Gasteiger partial charge in [-0.2, -0.15) is 0 Å². The van der Waals surface area contributed by atoms with Gasteiger partial charge in [0.05, 0.1) is 0 Å². The molecule has 16 heavy (non-hydrogen) atoms. The molecular formula is C12H26N2O2. The van der Waals surface area contributed by atoms with E-state index in [0.29, 0.717) is 6.04 Å². The largest absolute Gasteiger partial charge is 0.355 e. The van der Waals surface area contributed by atoms with Crippen molar-refractivity contribution in [3.63, 3.8) is 0 Å². The van der Waals surface area contributed by atoms with Crippen molar-refractivity contribution in [2.75, 3.05) is 40.4 Å². The molecule has 4 heteroatoms. The first kappa shape index (κ1) is 13.9. The molecule has 1 N–H and O–H groups in total. The number of piperidine rings is 1. The summed E-state index contributed by atoms with van der Waals surface area (Å²) in [6, 6.07) is 0.640. The van der Waals surface area contributed by atoms with Crippen molar-refractivity contribution in [1.82, 2.24) is 10.2 Å². The van der Waals surface area contributed by atoms with Gasteiger partial charge in [-0.25, -0.2) is 0 Å². The van der Waals surface area contributed by atoms with E-state index in [1.54, 1.807) is 14.2 Å². The van der Waals surface area contributed by atoms with Crippen molar-refractivity contribution in [1.29, 1.82) is 0 Å². The zero-order valence-corrected chi connectivity index (χ0v) is 10.9. The van der Waals surface area contributed by atoms with Gasteiger partial charge in [0, 0.05) is 33.4 Å². The van der Waals surface area contributed by atoms with Crippen molar-refractivity contribution >= 4 is 0 Å². The number of rotatable bonds is 7. The highest BCUT2D eigenvalue weighted by atomic mass is 16.7. The van der Waals surface area contributed by atoms with Crippen LogP contribution in [0.15, 0.2) is 0 Å². The van der Waals surface area contributed by atoms with Crippen LogP contribution in [-0.2, 0) is 9.47 Å². The summed E-state index contributed by atoms with van der Waals surface area (Å²) in [6.07, 6.45) is 3.63. The molecule has 1 aliphatic heterocycles. The monoisotopic (exact) mass is 230 g/mol. The Morgan fingerprint density at radius 2 is 2.12 bits per heavy atom. The first-order chi connectivity index (χ1) is 7.81. The maximum atomic E-state index is 5.28. The summed E-state index contributed by atoms with van der Waals surface area (Å²) in [7, 11) is 3.41.